The summed E-state index contributed by atoms with van der Waals surface area (Å²) < 4.78 is 5.71. The van der Waals surface area contributed by atoms with Gasteiger partial charge >= 0.3 is 0 Å². The summed E-state index contributed by atoms with van der Waals surface area (Å²) in [6.07, 6.45) is 1.32. The molecular formula is C18H28N2O3. The van der Waals surface area contributed by atoms with Crippen molar-refractivity contribution < 1.29 is 14.6 Å². The van der Waals surface area contributed by atoms with E-state index in [1.807, 2.05) is 25.1 Å². The first-order chi connectivity index (χ1) is 11.2. The molecule has 1 fully saturated rings. The van der Waals surface area contributed by atoms with Gasteiger partial charge in [0, 0.05) is 26.2 Å². The van der Waals surface area contributed by atoms with Crippen LogP contribution in [0.1, 0.15) is 31.7 Å². The summed E-state index contributed by atoms with van der Waals surface area (Å²) in [5, 5.41) is 12.3. The number of rotatable bonds is 8. The van der Waals surface area contributed by atoms with Crippen molar-refractivity contribution in [3.8, 4) is 0 Å². The predicted molar refractivity (Wildman–Crippen MR) is 90.0 cm³/mol. The lowest BCUT2D eigenvalue weighted by Crippen LogP contribution is -2.44. The van der Waals surface area contributed by atoms with Gasteiger partial charge in [-0.3, -0.25) is 9.69 Å². The Bertz CT molecular complexity index is 467. The Morgan fingerprint density at radius 1 is 1.43 bits per heavy atom. The summed E-state index contributed by atoms with van der Waals surface area (Å²) in [6.45, 7) is 5.69. The Balaban J connectivity index is 1.70. The first-order valence-electron chi connectivity index (χ1n) is 8.50. The summed E-state index contributed by atoms with van der Waals surface area (Å²) >= 11 is 0. The van der Waals surface area contributed by atoms with E-state index in [4.69, 9.17) is 4.74 Å². The number of carbonyl (C=O) groups excluding carboxylic acids is 1. The van der Waals surface area contributed by atoms with Gasteiger partial charge in [0.2, 0.25) is 5.91 Å². The average Bonchev–Trinajstić information content (AvgIpc) is 2.56. The van der Waals surface area contributed by atoms with E-state index in [1.165, 1.54) is 5.56 Å². The highest BCUT2D eigenvalue weighted by atomic mass is 16.5. The van der Waals surface area contributed by atoms with Gasteiger partial charge in [0.1, 0.15) is 0 Å². The van der Waals surface area contributed by atoms with Crippen molar-refractivity contribution in [1.29, 1.82) is 0 Å². The van der Waals surface area contributed by atoms with Crippen molar-refractivity contribution in [3.05, 3.63) is 35.9 Å². The third-order valence-electron chi connectivity index (χ3n) is 4.16. The molecule has 0 aliphatic carbocycles. The molecule has 2 rings (SSSR count). The second kappa shape index (κ2) is 9.65. The molecule has 1 aromatic rings. The summed E-state index contributed by atoms with van der Waals surface area (Å²) in [5.41, 5.74) is 1.28. The number of amides is 1. The van der Waals surface area contributed by atoms with Crippen LogP contribution in [0.4, 0.5) is 0 Å². The van der Waals surface area contributed by atoms with Crippen LogP contribution in [0.5, 0.6) is 0 Å². The Labute approximate surface area is 138 Å². The molecule has 5 nitrogen and oxygen atoms in total. The lowest BCUT2D eigenvalue weighted by molar-refractivity contribution is -0.126. The van der Waals surface area contributed by atoms with Gasteiger partial charge in [0.25, 0.3) is 0 Å². The molecule has 1 aromatic carbocycles. The molecule has 1 heterocycles. The van der Waals surface area contributed by atoms with Crippen molar-refractivity contribution in [3.63, 3.8) is 0 Å². The van der Waals surface area contributed by atoms with Crippen LogP contribution < -0.4 is 5.32 Å². The van der Waals surface area contributed by atoms with Gasteiger partial charge in [0.05, 0.1) is 25.2 Å². The number of hydrogen-bond acceptors (Lipinski definition) is 4. The van der Waals surface area contributed by atoms with Crippen LogP contribution in [0.3, 0.4) is 0 Å². The number of aliphatic hydroxyl groups excluding tert-OH is 1. The normalized spacial score (nSPS) is 20.2. The third-order valence-corrected chi connectivity index (χ3v) is 4.16. The molecule has 2 unspecified atom stereocenters. The number of morpholine rings is 1. The van der Waals surface area contributed by atoms with Crippen LogP contribution in [-0.4, -0.2) is 54.4 Å². The molecule has 1 amide bonds. The highest BCUT2D eigenvalue weighted by Crippen LogP contribution is 2.12. The molecular weight excluding hydrogens is 292 g/mol. The molecule has 1 aliphatic heterocycles. The molecule has 0 spiro atoms. The monoisotopic (exact) mass is 320 g/mol. The van der Waals surface area contributed by atoms with Crippen LogP contribution in [0.2, 0.25) is 0 Å². The van der Waals surface area contributed by atoms with Gasteiger partial charge in [-0.15, -0.1) is 0 Å². The van der Waals surface area contributed by atoms with Crippen molar-refractivity contribution >= 4 is 5.91 Å². The number of nitrogens with zero attached hydrogens (tertiary/aromatic N) is 1. The van der Waals surface area contributed by atoms with Crippen LogP contribution in [0.25, 0.3) is 0 Å². The average molecular weight is 320 g/mol. The van der Waals surface area contributed by atoms with Gasteiger partial charge in [-0.25, -0.2) is 0 Å². The number of aliphatic hydroxyl groups is 1. The van der Waals surface area contributed by atoms with Crippen LogP contribution >= 0.6 is 0 Å². The molecule has 2 atom stereocenters. The highest BCUT2D eigenvalue weighted by Gasteiger charge is 2.22. The van der Waals surface area contributed by atoms with Crippen LogP contribution in [-0.2, 0) is 16.1 Å². The predicted octanol–water partition coefficient (Wildman–Crippen LogP) is 1.55. The van der Waals surface area contributed by atoms with E-state index in [0.717, 1.165) is 26.1 Å². The maximum Gasteiger partial charge on any atom is 0.222 e. The Morgan fingerprint density at radius 3 is 2.96 bits per heavy atom. The topological polar surface area (TPSA) is 61.8 Å². The minimum Gasteiger partial charge on any atom is -0.393 e. The summed E-state index contributed by atoms with van der Waals surface area (Å²) in [4.78, 5) is 14.3. The lowest BCUT2D eigenvalue weighted by Gasteiger charge is -2.32. The number of benzene rings is 1. The fourth-order valence-corrected chi connectivity index (χ4v) is 2.75. The first kappa shape index (κ1) is 17.9. The molecule has 1 saturated heterocycles. The molecule has 128 valence electrons. The van der Waals surface area contributed by atoms with Crippen molar-refractivity contribution in [2.75, 3.05) is 26.2 Å². The van der Waals surface area contributed by atoms with E-state index in [1.54, 1.807) is 0 Å². The molecule has 0 bridgehead atoms. The minimum atomic E-state index is -0.331. The molecule has 2 N–H and O–H groups in total. The molecule has 1 aliphatic rings. The number of nitrogens with one attached hydrogen (secondary N) is 1. The van der Waals surface area contributed by atoms with E-state index in [-0.39, 0.29) is 18.1 Å². The number of hydrogen-bond donors (Lipinski definition) is 2. The smallest absolute Gasteiger partial charge is 0.222 e. The molecule has 0 aromatic heterocycles. The number of ether oxygens (including phenoxy) is 1. The Morgan fingerprint density at radius 2 is 2.22 bits per heavy atom. The van der Waals surface area contributed by atoms with Gasteiger partial charge in [-0.05, 0) is 18.4 Å². The van der Waals surface area contributed by atoms with E-state index >= 15 is 0 Å². The molecule has 0 saturated carbocycles. The maximum atomic E-state index is 12.0. The van der Waals surface area contributed by atoms with E-state index in [0.29, 0.717) is 26.0 Å². The third kappa shape index (κ3) is 6.69. The van der Waals surface area contributed by atoms with Crippen molar-refractivity contribution in [2.45, 2.75) is 44.9 Å². The van der Waals surface area contributed by atoms with Gasteiger partial charge in [0.15, 0.2) is 0 Å². The second-order valence-corrected chi connectivity index (χ2v) is 6.12. The maximum absolute atomic E-state index is 12.0. The minimum absolute atomic E-state index is 0.000126. The van der Waals surface area contributed by atoms with Gasteiger partial charge in [-0.1, -0.05) is 37.3 Å². The number of carbonyl (C=O) groups is 1. The first-order valence-corrected chi connectivity index (χ1v) is 8.50. The lowest BCUT2D eigenvalue weighted by atomic mass is 10.1. The van der Waals surface area contributed by atoms with Gasteiger partial charge < -0.3 is 15.2 Å². The second-order valence-electron chi connectivity index (χ2n) is 6.12. The van der Waals surface area contributed by atoms with E-state index < -0.39 is 0 Å². The molecule has 0 radical (unpaired) electrons. The fraction of sp³-hybridized carbons (Fsp3) is 0.611. The van der Waals surface area contributed by atoms with E-state index in [9.17, 15) is 9.90 Å². The van der Waals surface area contributed by atoms with Crippen molar-refractivity contribution in [2.24, 2.45) is 0 Å². The van der Waals surface area contributed by atoms with Gasteiger partial charge in [-0.2, -0.15) is 0 Å². The Hall–Kier alpha value is -1.43. The van der Waals surface area contributed by atoms with Crippen LogP contribution in [0.15, 0.2) is 30.3 Å². The van der Waals surface area contributed by atoms with Crippen LogP contribution in [0, 0.1) is 0 Å². The Kier molecular flexibility index (Phi) is 7.52. The molecule has 5 heteroatoms. The largest absolute Gasteiger partial charge is 0.393 e. The highest BCUT2D eigenvalue weighted by molar-refractivity contribution is 5.76. The van der Waals surface area contributed by atoms with E-state index in [2.05, 4.69) is 22.3 Å². The summed E-state index contributed by atoms with van der Waals surface area (Å²) in [6, 6.07) is 10.4. The zero-order chi connectivity index (χ0) is 16.5. The fourth-order valence-electron chi connectivity index (χ4n) is 2.75. The standard InChI is InChI=1S/C18H28N2O3/c1-2-16(21)8-9-19-18(22)12-17-14-20(10-11-23-17)13-15-6-4-3-5-7-15/h3-7,16-17,21H,2,8-14H2,1H3,(H,19,22). The molecule has 23 heavy (non-hydrogen) atoms. The zero-order valence-electron chi connectivity index (χ0n) is 13.9. The zero-order valence-corrected chi connectivity index (χ0v) is 13.9. The summed E-state index contributed by atoms with van der Waals surface area (Å²) in [7, 11) is 0. The van der Waals surface area contributed by atoms with Crippen molar-refractivity contribution in [1.82, 2.24) is 10.2 Å². The summed E-state index contributed by atoms with van der Waals surface area (Å²) in [5.74, 6) is -0.000126. The quantitative estimate of drug-likeness (QED) is 0.763. The SMILES string of the molecule is CCC(O)CCNC(=O)CC1CN(Cc2ccccc2)CCO1.